The fourth-order valence-corrected chi connectivity index (χ4v) is 5.02. The predicted molar refractivity (Wildman–Crippen MR) is 148 cm³/mol. The van der Waals surface area contributed by atoms with Crippen LogP contribution in [-0.4, -0.2) is 46.5 Å². The van der Waals surface area contributed by atoms with Gasteiger partial charge in [0.1, 0.15) is 21.8 Å². The Morgan fingerprint density at radius 1 is 1.03 bits per heavy atom. The van der Waals surface area contributed by atoms with Crippen LogP contribution in [0.5, 0.6) is 0 Å². The maximum absolute atomic E-state index is 12.9. The number of nitrogens with zero attached hydrogens (tertiary/aromatic N) is 5. The molecule has 0 unspecified atom stereocenters. The second-order valence-corrected chi connectivity index (χ2v) is 9.75. The molecule has 1 fully saturated rings. The molecule has 8 nitrogen and oxygen atoms in total. The van der Waals surface area contributed by atoms with E-state index < -0.39 is 0 Å². The number of anilines is 2. The lowest BCUT2D eigenvalue weighted by molar-refractivity contribution is 0.102. The molecule has 186 valence electrons. The van der Waals surface area contributed by atoms with Crippen molar-refractivity contribution in [3.8, 4) is 6.07 Å². The van der Waals surface area contributed by atoms with E-state index in [1.54, 1.807) is 25.2 Å². The van der Waals surface area contributed by atoms with Gasteiger partial charge >= 0.3 is 0 Å². The van der Waals surface area contributed by atoms with Crippen LogP contribution in [0.3, 0.4) is 0 Å². The Morgan fingerprint density at radius 2 is 1.73 bits per heavy atom. The van der Waals surface area contributed by atoms with Crippen LogP contribution in [0, 0.1) is 11.3 Å². The minimum absolute atomic E-state index is 0.114. The molecule has 1 saturated heterocycles. The Labute approximate surface area is 222 Å². The van der Waals surface area contributed by atoms with Gasteiger partial charge in [0.2, 0.25) is 0 Å². The number of piperazine rings is 1. The number of hydrogen-bond donors (Lipinski definition) is 1. The fraction of sp³-hybridized carbons (Fsp3) is 0.214. The molecule has 37 heavy (non-hydrogen) atoms. The highest BCUT2D eigenvalue weighted by Gasteiger charge is 2.25. The number of benzene rings is 2. The molecule has 9 heteroatoms. The molecule has 5 rings (SSSR count). The Bertz CT molecular complexity index is 1570. The number of aryl methyl sites for hydroxylation is 1. The van der Waals surface area contributed by atoms with Crippen molar-refractivity contribution >= 4 is 44.2 Å². The molecule has 2 aromatic carbocycles. The van der Waals surface area contributed by atoms with Crippen molar-refractivity contribution in [2.45, 2.75) is 6.54 Å². The van der Waals surface area contributed by atoms with Gasteiger partial charge < -0.3 is 14.8 Å². The molecule has 0 saturated carbocycles. The number of halogens is 1. The van der Waals surface area contributed by atoms with Gasteiger partial charge in [-0.1, -0.05) is 36.4 Å². The van der Waals surface area contributed by atoms with Gasteiger partial charge in [-0.3, -0.25) is 14.5 Å². The minimum atomic E-state index is -0.320. The SMILES string of the molecule is Cn1c(=O)c(C#N)c(N2CCN(Cc3ccccc3NC(=O)c3ccccc3)CC2)c2nc(Br)ccc21. The zero-order valence-corrected chi connectivity index (χ0v) is 21.9. The van der Waals surface area contributed by atoms with Crippen molar-refractivity contribution in [3.63, 3.8) is 0 Å². The van der Waals surface area contributed by atoms with Crippen molar-refractivity contribution < 1.29 is 4.79 Å². The fourth-order valence-electron chi connectivity index (χ4n) is 4.71. The van der Waals surface area contributed by atoms with Gasteiger partial charge in [0.05, 0.1) is 11.2 Å². The maximum Gasteiger partial charge on any atom is 0.270 e. The van der Waals surface area contributed by atoms with Gasteiger partial charge in [0.25, 0.3) is 11.5 Å². The molecule has 1 aliphatic rings. The molecule has 0 aliphatic carbocycles. The number of hydrogen-bond acceptors (Lipinski definition) is 6. The molecule has 0 bridgehead atoms. The van der Waals surface area contributed by atoms with Crippen LogP contribution < -0.4 is 15.8 Å². The highest BCUT2D eigenvalue weighted by atomic mass is 79.9. The summed E-state index contributed by atoms with van der Waals surface area (Å²) in [6.45, 7) is 3.42. The summed E-state index contributed by atoms with van der Waals surface area (Å²) in [7, 11) is 1.66. The molecule has 2 aromatic heterocycles. The van der Waals surface area contributed by atoms with Crippen LogP contribution in [0.1, 0.15) is 21.5 Å². The summed E-state index contributed by atoms with van der Waals surface area (Å²) in [6, 6.07) is 22.7. The maximum atomic E-state index is 12.9. The van der Waals surface area contributed by atoms with Crippen LogP contribution in [0.15, 0.2) is 76.1 Å². The first kappa shape index (κ1) is 24.7. The summed E-state index contributed by atoms with van der Waals surface area (Å²) in [5, 5.41) is 12.9. The van der Waals surface area contributed by atoms with E-state index in [-0.39, 0.29) is 17.0 Å². The third-order valence-corrected chi connectivity index (χ3v) is 7.12. The van der Waals surface area contributed by atoms with Gasteiger partial charge in [0, 0.05) is 51.0 Å². The number of carbonyl (C=O) groups excluding carboxylic acids is 1. The topological polar surface area (TPSA) is 94.3 Å². The molecule has 1 amide bonds. The monoisotopic (exact) mass is 556 g/mol. The van der Waals surface area contributed by atoms with Gasteiger partial charge in [-0.25, -0.2) is 4.98 Å². The van der Waals surface area contributed by atoms with E-state index in [0.717, 1.165) is 24.3 Å². The molecule has 1 N–H and O–H groups in total. The highest BCUT2D eigenvalue weighted by molar-refractivity contribution is 9.10. The van der Waals surface area contributed by atoms with Crippen molar-refractivity contribution in [1.82, 2.24) is 14.5 Å². The first-order valence-electron chi connectivity index (χ1n) is 12.0. The Balaban J connectivity index is 1.35. The van der Waals surface area contributed by atoms with E-state index in [4.69, 9.17) is 0 Å². The number of aromatic nitrogens is 2. The second kappa shape index (κ2) is 10.5. The smallest absolute Gasteiger partial charge is 0.270 e. The summed E-state index contributed by atoms with van der Waals surface area (Å²) >= 11 is 3.43. The van der Waals surface area contributed by atoms with Crippen molar-refractivity contribution in [1.29, 1.82) is 5.26 Å². The van der Waals surface area contributed by atoms with Gasteiger partial charge in [0.15, 0.2) is 0 Å². The minimum Gasteiger partial charge on any atom is -0.366 e. The molecule has 4 aromatic rings. The number of pyridine rings is 2. The normalized spacial score (nSPS) is 13.9. The highest BCUT2D eigenvalue weighted by Crippen LogP contribution is 2.29. The third kappa shape index (κ3) is 4.99. The number of fused-ring (bicyclic) bond motifs is 1. The number of rotatable bonds is 5. The molecule has 0 atom stereocenters. The molecule has 3 heterocycles. The lowest BCUT2D eigenvalue weighted by atomic mass is 10.1. The van der Waals surface area contributed by atoms with Crippen LogP contribution in [0.4, 0.5) is 11.4 Å². The lowest BCUT2D eigenvalue weighted by Crippen LogP contribution is -2.47. The predicted octanol–water partition coefficient (Wildman–Crippen LogP) is 4.14. The molecular weight excluding hydrogens is 532 g/mol. The summed E-state index contributed by atoms with van der Waals surface area (Å²) in [5.74, 6) is -0.141. The summed E-state index contributed by atoms with van der Waals surface area (Å²) < 4.78 is 2.13. The van der Waals surface area contributed by atoms with E-state index >= 15 is 0 Å². The summed E-state index contributed by atoms with van der Waals surface area (Å²) in [4.78, 5) is 34.6. The molecule has 0 spiro atoms. The lowest BCUT2D eigenvalue weighted by Gasteiger charge is -2.37. The van der Waals surface area contributed by atoms with Crippen LogP contribution in [0.25, 0.3) is 11.0 Å². The van der Waals surface area contributed by atoms with E-state index in [0.29, 0.717) is 46.5 Å². The first-order valence-corrected chi connectivity index (χ1v) is 12.8. The number of para-hydroxylation sites is 1. The summed E-state index contributed by atoms with van der Waals surface area (Å²) in [6.07, 6.45) is 0. The van der Waals surface area contributed by atoms with Gasteiger partial charge in [-0.15, -0.1) is 0 Å². The van der Waals surface area contributed by atoms with Gasteiger partial charge in [-0.05, 0) is 51.8 Å². The second-order valence-electron chi connectivity index (χ2n) is 8.94. The third-order valence-electron chi connectivity index (χ3n) is 6.68. The number of nitrogens with one attached hydrogen (secondary N) is 1. The Morgan fingerprint density at radius 3 is 2.46 bits per heavy atom. The zero-order valence-electron chi connectivity index (χ0n) is 20.3. The zero-order chi connectivity index (χ0) is 25.9. The van der Waals surface area contributed by atoms with E-state index in [1.807, 2.05) is 48.5 Å². The molecule has 1 aliphatic heterocycles. The average molecular weight is 557 g/mol. The van der Waals surface area contributed by atoms with E-state index in [1.165, 1.54) is 4.57 Å². The molecular formula is C28H25BrN6O2. The van der Waals surface area contributed by atoms with Crippen LogP contribution in [0.2, 0.25) is 0 Å². The van der Waals surface area contributed by atoms with Crippen LogP contribution >= 0.6 is 15.9 Å². The van der Waals surface area contributed by atoms with Crippen molar-refractivity contribution in [2.75, 3.05) is 36.4 Å². The first-order chi connectivity index (χ1) is 18.0. The quantitative estimate of drug-likeness (QED) is 0.371. The number of carbonyl (C=O) groups is 1. The Kier molecular flexibility index (Phi) is 7.04. The molecule has 0 radical (unpaired) electrons. The standard InChI is InChI=1S/C28H25BrN6O2/c1-33-23-11-12-24(29)32-25(23)26(21(17-30)28(33)37)35-15-13-34(14-16-35)18-20-9-5-6-10-22(20)31-27(36)19-7-3-2-4-8-19/h2-12H,13-16,18H2,1H3,(H,31,36). The van der Waals surface area contributed by atoms with E-state index in [2.05, 4.69) is 42.1 Å². The summed E-state index contributed by atoms with van der Waals surface area (Å²) in [5.41, 5.74) is 4.14. The van der Waals surface area contributed by atoms with Crippen LogP contribution in [-0.2, 0) is 13.6 Å². The number of amides is 1. The number of nitriles is 1. The average Bonchev–Trinajstić information content (AvgIpc) is 2.92. The van der Waals surface area contributed by atoms with Crippen molar-refractivity contribution in [3.05, 3.63) is 98.4 Å². The largest absolute Gasteiger partial charge is 0.366 e. The van der Waals surface area contributed by atoms with E-state index in [9.17, 15) is 14.9 Å². The Hall–Kier alpha value is -4.00. The van der Waals surface area contributed by atoms with Crippen molar-refractivity contribution in [2.24, 2.45) is 7.05 Å². The van der Waals surface area contributed by atoms with Gasteiger partial charge in [-0.2, -0.15) is 5.26 Å².